The van der Waals surface area contributed by atoms with Crippen molar-refractivity contribution in [1.82, 2.24) is 4.57 Å². The second kappa shape index (κ2) is 2.84. The van der Waals surface area contributed by atoms with Gasteiger partial charge in [0.2, 0.25) is 0 Å². The van der Waals surface area contributed by atoms with E-state index in [9.17, 15) is 0 Å². The normalized spacial score (nSPS) is 36.0. The van der Waals surface area contributed by atoms with E-state index in [4.69, 9.17) is 0 Å². The average Bonchev–Trinajstić information content (AvgIpc) is 2.13. The van der Waals surface area contributed by atoms with Crippen molar-refractivity contribution in [3.05, 3.63) is 0 Å². The number of hydrogen-bond donors (Lipinski definition) is 0. The predicted octanol–water partition coefficient (Wildman–Crippen LogP) is 1.46. The van der Waals surface area contributed by atoms with E-state index >= 15 is 0 Å². The van der Waals surface area contributed by atoms with Crippen LogP contribution in [-0.2, 0) is 0 Å². The summed E-state index contributed by atoms with van der Waals surface area (Å²) in [5, 5.41) is 0. The lowest BCUT2D eigenvalue weighted by molar-refractivity contribution is 0.626. The van der Waals surface area contributed by atoms with Gasteiger partial charge in [-0.05, 0) is 25.7 Å². The Morgan fingerprint density at radius 3 is 2.33 bits per heavy atom. The fourth-order valence-corrected chi connectivity index (χ4v) is 5.27. The molecule has 54 valence electrons. The van der Waals surface area contributed by atoms with Gasteiger partial charge in [0.05, 0.1) is 0 Å². The largest absolute Gasteiger partial charge is 0.331 e. The Kier molecular flexibility index (Phi) is 2.30. The molecule has 1 fully saturated rings. The Bertz CT molecular complexity index is 92.9. The SMILES string of the molecule is CC1CCC[SiH]1N(C)C. The first-order chi connectivity index (χ1) is 4.22. The number of rotatable bonds is 1. The van der Waals surface area contributed by atoms with Gasteiger partial charge < -0.3 is 4.57 Å². The molecule has 0 aromatic carbocycles. The second-order valence-electron chi connectivity index (χ2n) is 3.44. The Hall–Kier alpha value is 0.177. The second-order valence-corrected chi connectivity index (χ2v) is 7.32. The Morgan fingerprint density at radius 2 is 2.11 bits per heavy atom. The zero-order valence-corrected chi connectivity index (χ0v) is 7.88. The summed E-state index contributed by atoms with van der Waals surface area (Å²) in [6, 6.07) is 1.55. The zero-order valence-electron chi connectivity index (χ0n) is 6.72. The zero-order chi connectivity index (χ0) is 6.85. The highest BCUT2D eigenvalue weighted by atomic mass is 28.3. The van der Waals surface area contributed by atoms with Gasteiger partial charge in [0.15, 0.2) is 0 Å². The topological polar surface area (TPSA) is 3.24 Å². The van der Waals surface area contributed by atoms with Crippen molar-refractivity contribution >= 4 is 8.96 Å². The molecule has 0 aromatic rings. The van der Waals surface area contributed by atoms with Crippen molar-refractivity contribution in [1.29, 1.82) is 0 Å². The third-order valence-electron chi connectivity index (χ3n) is 2.48. The molecule has 0 saturated carbocycles. The summed E-state index contributed by atoms with van der Waals surface area (Å²) < 4.78 is 2.50. The summed E-state index contributed by atoms with van der Waals surface area (Å²) in [7, 11) is 4.08. The minimum absolute atomic E-state index is 0.415. The number of hydrogen-bond acceptors (Lipinski definition) is 1. The van der Waals surface area contributed by atoms with Crippen LogP contribution < -0.4 is 0 Å². The van der Waals surface area contributed by atoms with Gasteiger partial charge in [-0.2, -0.15) is 0 Å². The van der Waals surface area contributed by atoms with Crippen LogP contribution in [0.2, 0.25) is 11.6 Å². The summed E-state index contributed by atoms with van der Waals surface area (Å²) in [6.07, 6.45) is 2.99. The van der Waals surface area contributed by atoms with Crippen molar-refractivity contribution in [3.63, 3.8) is 0 Å². The quantitative estimate of drug-likeness (QED) is 0.502. The maximum atomic E-state index is 2.50. The fourth-order valence-electron chi connectivity index (χ4n) is 1.89. The van der Waals surface area contributed by atoms with E-state index < -0.39 is 8.96 Å². The van der Waals surface area contributed by atoms with Crippen LogP contribution in [0.5, 0.6) is 0 Å². The summed E-state index contributed by atoms with van der Waals surface area (Å²) in [6.45, 7) is 2.42. The van der Waals surface area contributed by atoms with Crippen LogP contribution in [0.15, 0.2) is 0 Å². The first kappa shape index (κ1) is 7.29. The van der Waals surface area contributed by atoms with Crippen LogP contribution in [0.25, 0.3) is 0 Å². The van der Waals surface area contributed by atoms with Crippen LogP contribution in [0.3, 0.4) is 0 Å². The molecular formula is C7H17NSi. The van der Waals surface area contributed by atoms with Gasteiger partial charge in [0.1, 0.15) is 8.96 Å². The van der Waals surface area contributed by atoms with Crippen LogP contribution in [0, 0.1) is 0 Å². The van der Waals surface area contributed by atoms with E-state index in [0.29, 0.717) is 0 Å². The predicted molar refractivity (Wildman–Crippen MR) is 44.3 cm³/mol. The van der Waals surface area contributed by atoms with E-state index in [-0.39, 0.29) is 0 Å². The fraction of sp³-hybridized carbons (Fsp3) is 1.00. The van der Waals surface area contributed by atoms with Crippen LogP contribution in [-0.4, -0.2) is 27.6 Å². The van der Waals surface area contributed by atoms with Crippen molar-refractivity contribution in [2.45, 2.75) is 31.4 Å². The van der Waals surface area contributed by atoms with E-state index in [1.807, 2.05) is 0 Å². The summed E-state index contributed by atoms with van der Waals surface area (Å²) >= 11 is 0. The molecule has 1 rings (SSSR count). The summed E-state index contributed by atoms with van der Waals surface area (Å²) in [5.74, 6) is 0. The molecule has 1 aliphatic rings. The monoisotopic (exact) mass is 143 g/mol. The number of nitrogens with zero attached hydrogens (tertiary/aromatic N) is 1. The highest BCUT2D eigenvalue weighted by Crippen LogP contribution is 2.30. The molecule has 1 heterocycles. The van der Waals surface area contributed by atoms with Gasteiger partial charge in [-0.1, -0.05) is 19.8 Å². The molecule has 9 heavy (non-hydrogen) atoms. The van der Waals surface area contributed by atoms with Gasteiger partial charge >= 0.3 is 0 Å². The molecule has 0 aromatic heterocycles. The minimum Gasteiger partial charge on any atom is -0.331 e. The van der Waals surface area contributed by atoms with Gasteiger partial charge in [0, 0.05) is 0 Å². The molecule has 0 spiro atoms. The Balaban J connectivity index is 2.40. The molecule has 1 saturated heterocycles. The Labute approximate surface area is 59.7 Å². The first-order valence-electron chi connectivity index (χ1n) is 3.88. The van der Waals surface area contributed by atoms with Crippen molar-refractivity contribution in [3.8, 4) is 0 Å². The Morgan fingerprint density at radius 1 is 1.44 bits per heavy atom. The van der Waals surface area contributed by atoms with Gasteiger partial charge in [-0.25, -0.2) is 0 Å². The van der Waals surface area contributed by atoms with Gasteiger partial charge in [-0.15, -0.1) is 0 Å². The van der Waals surface area contributed by atoms with Crippen molar-refractivity contribution in [2.75, 3.05) is 14.1 Å². The van der Waals surface area contributed by atoms with Gasteiger partial charge in [-0.3, -0.25) is 0 Å². The molecular weight excluding hydrogens is 126 g/mol. The maximum Gasteiger partial charge on any atom is 0.114 e. The van der Waals surface area contributed by atoms with Gasteiger partial charge in [0.25, 0.3) is 0 Å². The van der Waals surface area contributed by atoms with E-state index in [2.05, 4.69) is 25.6 Å². The van der Waals surface area contributed by atoms with Crippen LogP contribution in [0.1, 0.15) is 19.8 Å². The van der Waals surface area contributed by atoms with Crippen molar-refractivity contribution in [2.24, 2.45) is 0 Å². The molecule has 0 N–H and O–H groups in total. The molecule has 2 unspecified atom stereocenters. The highest BCUT2D eigenvalue weighted by molar-refractivity contribution is 6.58. The lowest BCUT2D eigenvalue weighted by Crippen LogP contribution is -2.32. The smallest absolute Gasteiger partial charge is 0.114 e. The van der Waals surface area contributed by atoms with Crippen LogP contribution in [0.4, 0.5) is 0 Å². The lowest BCUT2D eigenvalue weighted by Gasteiger charge is -2.21. The lowest BCUT2D eigenvalue weighted by atomic mass is 10.3. The van der Waals surface area contributed by atoms with E-state index in [1.54, 1.807) is 6.04 Å². The molecule has 0 amide bonds. The van der Waals surface area contributed by atoms with E-state index in [0.717, 1.165) is 5.54 Å². The molecule has 0 bridgehead atoms. The molecule has 1 nitrogen and oxygen atoms in total. The van der Waals surface area contributed by atoms with Crippen LogP contribution >= 0.6 is 0 Å². The highest BCUT2D eigenvalue weighted by Gasteiger charge is 2.26. The third-order valence-corrected chi connectivity index (χ3v) is 6.45. The molecule has 2 atom stereocenters. The maximum absolute atomic E-state index is 2.50. The third kappa shape index (κ3) is 1.55. The first-order valence-corrected chi connectivity index (χ1v) is 5.88. The molecule has 1 aliphatic heterocycles. The van der Waals surface area contributed by atoms with Crippen molar-refractivity contribution < 1.29 is 0 Å². The summed E-state index contributed by atoms with van der Waals surface area (Å²) in [5.41, 5.74) is 1.07. The standard InChI is InChI=1S/C7H17NSi/c1-7-5-4-6-9(7)8(2)3/h7,9H,4-6H2,1-3H3. The molecule has 0 radical (unpaired) electrons. The molecule has 0 aliphatic carbocycles. The minimum atomic E-state index is -0.415. The molecule has 2 heteroatoms. The average molecular weight is 143 g/mol. The van der Waals surface area contributed by atoms with E-state index in [1.165, 1.54) is 12.8 Å². The summed E-state index contributed by atoms with van der Waals surface area (Å²) in [4.78, 5) is 0.